The van der Waals surface area contributed by atoms with Crippen molar-refractivity contribution in [3.8, 4) is 17.7 Å². The summed E-state index contributed by atoms with van der Waals surface area (Å²) in [6, 6.07) is 11.7. The maximum atomic E-state index is 8.73. The second kappa shape index (κ2) is 9.90. The zero-order valence-electron chi connectivity index (χ0n) is 18.2. The summed E-state index contributed by atoms with van der Waals surface area (Å²) in [6.07, 6.45) is 6.68. The molecule has 32 heavy (non-hydrogen) atoms. The van der Waals surface area contributed by atoms with Gasteiger partial charge in [0.15, 0.2) is 0 Å². The number of ether oxygens (including phenoxy) is 1. The molecular weight excluding hydrogens is 402 g/mol. The SMILES string of the molecule is Cc1cc(/C=C/C#N)cc(C)c1Oc1ccnc(Nc2ccc(N3CCNCC3)nc2)n1. The number of piperazine rings is 1. The number of nitrogens with one attached hydrogen (secondary N) is 2. The molecular formula is C24H25N7O. The number of hydrogen-bond acceptors (Lipinski definition) is 8. The molecule has 1 aliphatic rings. The summed E-state index contributed by atoms with van der Waals surface area (Å²) in [7, 11) is 0. The van der Waals surface area contributed by atoms with Gasteiger partial charge in [-0.3, -0.25) is 0 Å². The second-order valence-electron chi connectivity index (χ2n) is 7.53. The van der Waals surface area contributed by atoms with Crippen molar-refractivity contribution in [2.45, 2.75) is 13.8 Å². The van der Waals surface area contributed by atoms with Crippen LogP contribution in [-0.4, -0.2) is 41.1 Å². The number of aryl methyl sites for hydroxylation is 2. The molecule has 2 N–H and O–H groups in total. The lowest BCUT2D eigenvalue weighted by molar-refractivity contribution is 0.455. The summed E-state index contributed by atoms with van der Waals surface area (Å²) >= 11 is 0. The summed E-state index contributed by atoms with van der Waals surface area (Å²) in [5.41, 5.74) is 3.68. The maximum Gasteiger partial charge on any atom is 0.230 e. The van der Waals surface area contributed by atoms with Gasteiger partial charge in [0.2, 0.25) is 11.8 Å². The Morgan fingerprint density at radius 1 is 1.12 bits per heavy atom. The van der Waals surface area contributed by atoms with Crippen LogP contribution in [0.25, 0.3) is 6.08 Å². The fourth-order valence-electron chi connectivity index (χ4n) is 3.61. The second-order valence-corrected chi connectivity index (χ2v) is 7.53. The van der Waals surface area contributed by atoms with Gasteiger partial charge in [-0.25, -0.2) is 9.97 Å². The van der Waals surface area contributed by atoms with Crippen LogP contribution in [0.4, 0.5) is 17.5 Å². The van der Waals surface area contributed by atoms with Crippen molar-refractivity contribution in [3.63, 3.8) is 0 Å². The Hall–Kier alpha value is -3.96. The minimum atomic E-state index is 0.433. The quantitative estimate of drug-likeness (QED) is 0.570. The molecule has 0 saturated carbocycles. The lowest BCUT2D eigenvalue weighted by atomic mass is 10.1. The molecule has 4 rings (SSSR count). The van der Waals surface area contributed by atoms with Gasteiger partial charge >= 0.3 is 0 Å². The van der Waals surface area contributed by atoms with Crippen LogP contribution in [0.5, 0.6) is 11.6 Å². The Labute approximate surface area is 187 Å². The van der Waals surface area contributed by atoms with E-state index in [1.807, 2.05) is 44.2 Å². The van der Waals surface area contributed by atoms with Gasteiger partial charge in [0.05, 0.1) is 18.0 Å². The molecule has 1 aromatic carbocycles. The highest BCUT2D eigenvalue weighted by Gasteiger charge is 2.12. The van der Waals surface area contributed by atoms with E-state index >= 15 is 0 Å². The van der Waals surface area contributed by atoms with Crippen LogP contribution in [0.3, 0.4) is 0 Å². The number of aromatic nitrogens is 3. The van der Waals surface area contributed by atoms with Crippen LogP contribution >= 0.6 is 0 Å². The number of pyridine rings is 1. The fraction of sp³-hybridized carbons (Fsp3) is 0.250. The summed E-state index contributed by atoms with van der Waals surface area (Å²) in [5, 5.41) is 15.3. The number of nitrogens with zero attached hydrogens (tertiary/aromatic N) is 5. The Kier molecular flexibility index (Phi) is 6.58. The summed E-state index contributed by atoms with van der Waals surface area (Å²) < 4.78 is 6.07. The van der Waals surface area contributed by atoms with Crippen molar-refractivity contribution in [1.29, 1.82) is 5.26 Å². The van der Waals surface area contributed by atoms with Gasteiger partial charge in [-0.15, -0.1) is 0 Å². The van der Waals surface area contributed by atoms with Gasteiger partial charge in [-0.2, -0.15) is 10.2 Å². The number of allylic oxidation sites excluding steroid dienone is 1. The standard InChI is InChI=1S/C24H25N7O/c1-17-14-19(4-3-8-25)15-18(2)23(17)32-22-7-9-27-24(30-22)29-20-5-6-21(28-16-20)31-12-10-26-11-13-31/h3-7,9,14-16,26H,10-13H2,1-2H3,(H,27,29,30)/b4-3+. The average molecular weight is 428 g/mol. The largest absolute Gasteiger partial charge is 0.438 e. The van der Waals surface area contributed by atoms with Gasteiger partial charge < -0.3 is 20.3 Å². The normalized spacial score (nSPS) is 13.7. The zero-order chi connectivity index (χ0) is 22.3. The summed E-state index contributed by atoms with van der Waals surface area (Å²) in [4.78, 5) is 15.6. The first-order chi connectivity index (χ1) is 15.6. The van der Waals surface area contributed by atoms with E-state index in [9.17, 15) is 0 Å². The van der Waals surface area contributed by atoms with Crippen LogP contribution in [-0.2, 0) is 0 Å². The molecule has 3 aromatic rings. The van der Waals surface area contributed by atoms with Crippen LogP contribution in [0.1, 0.15) is 16.7 Å². The minimum absolute atomic E-state index is 0.433. The van der Waals surface area contributed by atoms with Crippen molar-refractivity contribution in [1.82, 2.24) is 20.3 Å². The van der Waals surface area contributed by atoms with E-state index in [-0.39, 0.29) is 0 Å². The number of anilines is 3. The van der Waals surface area contributed by atoms with Crippen LogP contribution in [0, 0.1) is 25.2 Å². The maximum absolute atomic E-state index is 8.73. The Morgan fingerprint density at radius 2 is 1.91 bits per heavy atom. The molecule has 0 aliphatic carbocycles. The average Bonchev–Trinajstić information content (AvgIpc) is 2.81. The van der Waals surface area contributed by atoms with Crippen LogP contribution in [0.2, 0.25) is 0 Å². The number of benzene rings is 1. The van der Waals surface area contributed by atoms with Crippen molar-refractivity contribution < 1.29 is 4.74 Å². The van der Waals surface area contributed by atoms with E-state index in [0.717, 1.165) is 60.1 Å². The molecule has 8 heteroatoms. The van der Waals surface area contributed by atoms with E-state index in [2.05, 4.69) is 30.5 Å². The fourth-order valence-corrected chi connectivity index (χ4v) is 3.61. The monoisotopic (exact) mass is 427 g/mol. The lowest BCUT2D eigenvalue weighted by Gasteiger charge is -2.28. The van der Waals surface area contributed by atoms with E-state index < -0.39 is 0 Å². The first kappa shape index (κ1) is 21.3. The van der Waals surface area contributed by atoms with E-state index in [1.54, 1.807) is 24.5 Å². The molecule has 0 bridgehead atoms. The van der Waals surface area contributed by atoms with Gasteiger partial charge in [-0.1, -0.05) is 0 Å². The first-order valence-electron chi connectivity index (χ1n) is 10.5. The van der Waals surface area contributed by atoms with Gasteiger partial charge in [-0.05, 0) is 60.9 Å². The van der Waals surface area contributed by atoms with Gasteiger partial charge in [0.1, 0.15) is 11.6 Å². The first-order valence-corrected chi connectivity index (χ1v) is 10.5. The van der Waals surface area contributed by atoms with Crippen LogP contribution < -0.4 is 20.3 Å². The van der Waals surface area contributed by atoms with Crippen molar-refractivity contribution >= 4 is 23.5 Å². The molecule has 2 aromatic heterocycles. The third-order valence-electron chi connectivity index (χ3n) is 5.11. The molecule has 1 saturated heterocycles. The van der Waals surface area contributed by atoms with E-state index in [1.165, 1.54) is 6.08 Å². The predicted molar refractivity (Wildman–Crippen MR) is 125 cm³/mol. The highest BCUT2D eigenvalue weighted by molar-refractivity contribution is 5.58. The molecule has 1 fully saturated rings. The zero-order valence-corrected chi connectivity index (χ0v) is 18.2. The lowest BCUT2D eigenvalue weighted by Crippen LogP contribution is -2.43. The molecule has 1 aliphatic heterocycles. The molecule has 0 spiro atoms. The van der Waals surface area contributed by atoms with E-state index in [0.29, 0.717) is 11.8 Å². The third kappa shape index (κ3) is 5.20. The molecule has 0 unspecified atom stereocenters. The van der Waals surface area contributed by atoms with Crippen LogP contribution in [0.15, 0.2) is 48.8 Å². The smallest absolute Gasteiger partial charge is 0.230 e. The minimum Gasteiger partial charge on any atom is -0.438 e. The number of nitriles is 1. The number of hydrogen-bond donors (Lipinski definition) is 2. The summed E-state index contributed by atoms with van der Waals surface area (Å²) in [6.45, 7) is 7.80. The number of rotatable bonds is 6. The highest BCUT2D eigenvalue weighted by atomic mass is 16.5. The Morgan fingerprint density at radius 3 is 2.59 bits per heavy atom. The predicted octanol–water partition coefficient (Wildman–Crippen LogP) is 3.97. The Balaban J connectivity index is 1.46. The molecule has 8 nitrogen and oxygen atoms in total. The summed E-state index contributed by atoms with van der Waals surface area (Å²) in [5.74, 6) is 2.59. The molecule has 3 heterocycles. The van der Waals surface area contributed by atoms with Crippen molar-refractivity contribution in [3.05, 3.63) is 65.5 Å². The van der Waals surface area contributed by atoms with Gasteiger partial charge in [0.25, 0.3) is 0 Å². The van der Waals surface area contributed by atoms with E-state index in [4.69, 9.17) is 10.00 Å². The van der Waals surface area contributed by atoms with Crippen molar-refractivity contribution in [2.24, 2.45) is 0 Å². The van der Waals surface area contributed by atoms with Crippen molar-refractivity contribution in [2.75, 3.05) is 36.4 Å². The highest BCUT2D eigenvalue weighted by Crippen LogP contribution is 2.30. The third-order valence-corrected chi connectivity index (χ3v) is 5.11. The molecule has 0 amide bonds. The molecule has 0 radical (unpaired) electrons. The van der Waals surface area contributed by atoms with Gasteiger partial charge in [0, 0.05) is 44.5 Å². The Bertz CT molecular complexity index is 1120. The topological polar surface area (TPSA) is 99.0 Å². The molecule has 162 valence electrons. The molecule has 0 atom stereocenters.